The van der Waals surface area contributed by atoms with Gasteiger partial charge < -0.3 is 14.2 Å². The Labute approximate surface area is 87.5 Å². The first-order valence-corrected chi connectivity index (χ1v) is 4.33. The lowest BCUT2D eigenvalue weighted by Gasteiger charge is -2.16. The van der Waals surface area contributed by atoms with Crippen molar-refractivity contribution in [2.24, 2.45) is 0 Å². The van der Waals surface area contributed by atoms with E-state index in [1.165, 1.54) is 20.8 Å². The molecule has 1 unspecified atom stereocenters. The third-order valence-electron chi connectivity index (χ3n) is 1.19. The average molecular weight is 218 g/mol. The maximum absolute atomic E-state index is 10.6. The first kappa shape index (κ1) is 13.6. The molecule has 1 atom stereocenters. The van der Waals surface area contributed by atoms with Crippen LogP contribution in [0.3, 0.4) is 0 Å². The molecule has 0 fully saturated rings. The Kier molecular flexibility index (Phi) is 6.28. The molecule has 0 aromatic carbocycles. The number of carbonyl (C=O) groups excluding carboxylic acids is 3. The highest BCUT2D eigenvalue weighted by Gasteiger charge is 2.14. The molecule has 0 N–H and O–H groups in total. The van der Waals surface area contributed by atoms with Crippen molar-refractivity contribution >= 4 is 17.7 Å². The van der Waals surface area contributed by atoms with Gasteiger partial charge in [0.1, 0.15) is 6.61 Å². The van der Waals surface area contributed by atoms with E-state index in [2.05, 4.69) is 9.47 Å². The van der Waals surface area contributed by atoms with E-state index in [4.69, 9.17) is 4.74 Å². The fourth-order valence-corrected chi connectivity index (χ4v) is 0.697. The van der Waals surface area contributed by atoms with Crippen LogP contribution in [0.2, 0.25) is 0 Å². The van der Waals surface area contributed by atoms with E-state index in [0.29, 0.717) is 0 Å². The zero-order chi connectivity index (χ0) is 11.8. The predicted molar refractivity (Wildman–Crippen MR) is 48.8 cm³/mol. The molecule has 0 saturated heterocycles. The van der Waals surface area contributed by atoms with E-state index in [1.54, 1.807) is 0 Å². The van der Waals surface area contributed by atoms with Crippen LogP contribution in [0.1, 0.15) is 20.8 Å². The SMILES string of the molecule is CC(=O)COC(COC(C)=O)OC(C)=O. The Hall–Kier alpha value is -1.43. The van der Waals surface area contributed by atoms with E-state index in [-0.39, 0.29) is 19.0 Å². The minimum atomic E-state index is -1.03. The van der Waals surface area contributed by atoms with Crippen molar-refractivity contribution < 1.29 is 28.6 Å². The monoisotopic (exact) mass is 218 g/mol. The molecule has 15 heavy (non-hydrogen) atoms. The number of hydrogen-bond acceptors (Lipinski definition) is 6. The summed E-state index contributed by atoms with van der Waals surface area (Å²) in [6.45, 7) is 3.33. The molecule has 6 nitrogen and oxygen atoms in total. The van der Waals surface area contributed by atoms with Gasteiger partial charge in [0.15, 0.2) is 12.4 Å². The predicted octanol–water partition coefficient (Wildman–Crippen LogP) is 0.0443. The molecular weight excluding hydrogens is 204 g/mol. The summed E-state index contributed by atoms with van der Waals surface area (Å²) in [5.74, 6) is -1.30. The largest absolute Gasteiger partial charge is 0.459 e. The number of esters is 2. The second kappa shape index (κ2) is 6.94. The molecule has 0 radical (unpaired) electrons. The lowest BCUT2D eigenvalue weighted by atomic mass is 10.5. The van der Waals surface area contributed by atoms with Gasteiger partial charge in [-0.3, -0.25) is 14.4 Å². The molecule has 0 rings (SSSR count). The van der Waals surface area contributed by atoms with Crippen LogP contribution in [0.25, 0.3) is 0 Å². The summed E-state index contributed by atoms with van der Waals surface area (Å²) in [4.78, 5) is 31.7. The molecule has 0 heterocycles. The lowest BCUT2D eigenvalue weighted by molar-refractivity contribution is -0.192. The Morgan fingerprint density at radius 3 is 2.07 bits per heavy atom. The highest BCUT2D eigenvalue weighted by Crippen LogP contribution is 1.98. The molecule has 0 aromatic rings. The molecular formula is C9H14O6. The highest BCUT2D eigenvalue weighted by molar-refractivity contribution is 5.76. The number of ketones is 1. The molecule has 0 saturated carbocycles. The van der Waals surface area contributed by atoms with Gasteiger partial charge in [-0.1, -0.05) is 0 Å². The summed E-state index contributed by atoms with van der Waals surface area (Å²) in [6, 6.07) is 0. The molecule has 6 heteroatoms. The quantitative estimate of drug-likeness (QED) is 0.462. The second-order valence-corrected chi connectivity index (χ2v) is 2.85. The van der Waals surface area contributed by atoms with Crippen LogP contribution < -0.4 is 0 Å². The fourth-order valence-electron chi connectivity index (χ4n) is 0.697. The zero-order valence-corrected chi connectivity index (χ0v) is 8.94. The van der Waals surface area contributed by atoms with Gasteiger partial charge >= 0.3 is 11.9 Å². The average Bonchev–Trinajstić information content (AvgIpc) is 2.08. The van der Waals surface area contributed by atoms with Crippen LogP contribution in [0.15, 0.2) is 0 Å². The molecule has 0 amide bonds. The van der Waals surface area contributed by atoms with Crippen molar-refractivity contribution in [1.29, 1.82) is 0 Å². The van der Waals surface area contributed by atoms with Gasteiger partial charge in [0, 0.05) is 13.8 Å². The first-order valence-electron chi connectivity index (χ1n) is 4.33. The second-order valence-electron chi connectivity index (χ2n) is 2.85. The lowest BCUT2D eigenvalue weighted by Crippen LogP contribution is -2.28. The molecule has 86 valence electrons. The van der Waals surface area contributed by atoms with Crippen molar-refractivity contribution in [3.63, 3.8) is 0 Å². The third kappa shape index (κ3) is 8.89. The molecule has 0 spiro atoms. The van der Waals surface area contributed by atoms with Crippen molar-refractivity contribution in [2.75, 3.05) is 13.2 Å². The normalized spacial score (nSPS) is 11.7. The number of carbonyl (C=O) groups is 3. The van der Waals surface area contributed by atoms with Gasteiger partial charge in [-0.25, -0.2) is 0 Å². The highest BCUT2D eigenvalue weighted by atomic mass is 16.7. The number of ether oxygens (including phenoxy) is 3. The standard InChI is InChI=1S/C9H14O6/c1-6(10)4-14-9(15-8(3)12)5-13-7(2)11/h9H,4-5H2,1-3H3. The van der Waals surface area contributed by atoms with Crippen molar-refractivity contribution in [3.8, 4) is 0 Å². The minimum Gasteiger partial charge on any atom is -0.459 e. The Morgan fingerprint density at radius 2 is 1.67 bits per heavy atom. The smallest absolute Gasteiger partial charge is 0.305 e. The molecule has 0 aromatic heterocycles. The Bertz CT molecular complexity index is 229. The van der Waals surface area contributed by atoms with Crippen LogP contribution in [0.5, 0.6) is 0 Å². The van der Waals surface area contributed by atoms with E-state index >= 15 is 0 Å². The van der Waals surface area contributed by atoms with Crippen molar-refractivity contribution in [1.82, 2.24) is 0 Å². The van der Waals surface area contributed by atoms with Gasteiger partial charge in [-0.05, 0) is 6.92 Å². The van der Waals surface area contributed by atoms with E-state index in [1.807, 2.05) is 0 Å². The fraction of sp³-hybridized carbons (Fsp3) is 0.667. The summed E-state index contributed by atoms with van der Waals surface area (Å²) in [5.41, 5.74) is 0. The summed E-state index contributed by atoms with van der Waals surface area (Å²) < 4.78 is 14.1. The Balaban J connectivity index is 3.99. The summed E-state index contributed by atoms with van der Waals surface area (Å²) in [7, 11) is 0. The molecule has 0 aliphatic carbocycles. The molecule has 0 aliphatic heterocycles. The maximum Gasteiger partial charge on any atom is 0.305 e. The van der Waals surface area contributed by atoms with E-state index in [0.717, 1.165) is 0 Å². The molecule has 0 aliphatic rings. The first-order chi connectivity index (χ1) is 6.91. The Morgan fingerprint density at radius 1 is 1.07 bits per heavy atom. The van der Waals surface area contributed by atoms with E-state index < -0.39 is 18.2 Å². The van der Waals surface area contributed by atoms with Crippen LogP contribution in [0, 0.1) is 0 Å². The maximum atomic E-state index is 10.6. The van der Waals surface area contributed by atoms with E-state index in [9.17, 15) is 14.4 Å². The third-order valence-corrected chi connectivity index (χ3v) is 1.19. The van der Waals surface area contributed by atoms with Crippen molar-refractivity contribution in [3.05, 3.63) is 0 Å². The van der Waals surface area contributed by atoms with Crippen LogP contribution in [-0.4, -0.2) is 37.2 Å². The molecule has 0 bridgehead atoms. The van der Waals surface area contributed by atoms with Crippen molar-refractivity contribution in [2.45, 2.75) is 27.1 Å². The zero-order valence-electron chi connectivity index (χ0n) is 8.94. The number of Topliss-reactive ketones (excluding diaryl/α,β-unsaturated/α-hetero) is 1. The summed E-state index contributed by atoms with van der Waals surface area (Å²) in [5, 5.41) is 0. The van der Waals surface area contributed by atoms with Crippen LogP contribution >= 0.6 is 0 Å². The van der Waals surface area contributed by atoms with Crippen LogP contribution in [-0.2, 0) is 28.6 Å². The van der Waals surface area contributed by atoms with Crippen LogP contribution in [0.4, 0.5) is 0 Å². The van der Waals surface area contributed by atoms with Gasteiger partial charge in [-0.15, -0.1) is 0 Å². The van der Waals surface area contributed by atoms with Gasteiger partial charge in [-0.2, -0.15) is 0 Å². The topological polar surface area (TPSA) is 78.9 Å². The minimum absolute atomic E-state index is 0.195. The van der Waals surface area contributed by atoms with Gasteiger partial charge in [0.25, 0.3) is 0 Å². The van der Waals surface area contributed by atoms with Gasteiger partial charge in [0.2, 0.25) is 6.29 Å². The summed E-state index contributed by atoms with van der Waals surface area (Å²) in [6.07, 6.45) is -1.03. The number of hydrogen-bond donors (Lipinski definition) is 0. The number of rotatable bonds is 6. The summed E-state index contributed by atoms with van der Waals surface area (Å²) >= 11 is 0. The van der Waals surface area contributed by atoms with Gasteiger partial charge in [0.05, 0.1) is 0 Å².